The van der Waals surface area contributed by atoms with Crippen molar-refractivity contribution in [3.8, 4) is 0 Å². The van der Waals surface area contributed by atoms with Crippen LogP contribution in [0.2, 0.25) is 0 Å². The van der Waals surface area contributed by atoms with E-state index in [4.69, 9.17) is 0 Å². The molecule has 0 atom stereocenters. The Kier molecular flexibility index (Phi) is 4.93. The Bertz CT molecular complexity index is 761. The molecule has 0 unspecified atom stereocenters. The molecule has 2 aromatic rings. The number of nitrogens with one attached hydrogen (secondary N) is 1. The maximum atomic E-state index is 12.3. The van der Waals surface area contributed by atoms with E-state index in [1.54, 1.807) is 31.4 Å². The highest BCUT2D eigenvalue weighted by Crippen LogP contribution is 2.17. The van der Waals surface area contributed by atoms with E-state index in [2.05, 4.69) is 15.3 Å². The van der Waals surface area contributed by atoms with Gasteiger partial charge in [-0.1, -0.05) is 12.1 Å². The third-order valence-electron chi connectivity index (χ3n) is 4.35. The van der Waals surface area contributed by atoms with Crippen molar-refractivity contribution in [2.24, 2.45) is 0 Å². The van der Waals surface area contributed by atoms with Gasteiger partial charge in [-0.3, -0.25) is 9.59 Å². The zero-order chi connectivity index (χ0) is 16.9. The van der Waals surface area contributed by atoms with Crippen LogP contribution in [0.1, 0.15) is 35.2 Å². The molecule has 2 heterocycles. The maximum absolute atomic E-state index is 12.3. The van der Waals surface area contributed by atoms with Gasteiger partial charge in [-0.15, -0.1) is 0 Å². The van der Waals surface area contributed by atoms with Gasteiger partial charge in [0.1, 0.15) is 0 Å². The number of amides is 1. The smallest absolute Gasteiger partial charge is 0.269 e. The number of nitrogens with zero attached hydrogens (tertiary/aromatic N) is 3. The van der Waals surface area contributed by atoms with Crippen molar-refractivity contribution < 1.29 is 4.79 Å². The highest BCUT2D eigenvalue weighted by Gasteiger charge is 2.12. The zero-order valence-electron chi connectivity index (χ0n) is 13.9. The molecule has 3 rings (SSSR count). The van der Waals surface area contributed by atoms with E-state index in [0.717, 1.165) is 24.3 Å². The minimum absolute atomic E-state index is 0.103. The lowest BCUT2D eigenvalue weighted by Gasteiger charge is -2.28. The highest BCUT2D eigenvalue weighted by molar-refractivity contribution is 5.93. The van der Waals surface area contributed by atoms with Crippen molar-refractivity contribution in [2.75, 3.05) is 25.0 Å². The molecule has 1 saturated heterocycles. The molecule has 24 heavy (non-hydrogen) atoms. The Morgan fingerprint density at radius 1 is 1.17 bits per heavy atom. The predicted molar refractivity (Wildman–Crippen MR) is 93.5 cm³/mol. The van der Waals surface area contributed by atoms with Crippen molar-refractivity contribution in [1.82, 2.24) is 15.1 Å². The molecule has 6 heteroatoms. The number of carbonyl (C=O) groups is 1. The Labute approximate surface area is 141 Å². The topological polar surface area (TPSA) is 67.2 Å². The van der Waals surface area contributed by atoms with Crippen LogP contribution in [0, 0.1) is 0 Å². The van der Waals surface area contributed by atoms with Crippen LogP contribution in [0.3, 0.4) is 0 Å². The summed E-state index contributed by atoms with van der Waals surface area (Å²) >= 11 is 0. The normalized spacial score (nSPS) is 14.5. The lowest BCUT2D eigenvalue weighted by molar-refractivity contribution is 0.0963. The Balaban J connectivity index is 1.73. The zero-order valence-corrected chi connectivity index (χ0v) is 13.9. The van der Waals surface area contributed by atoms with Gasteiger partial charge >= 0.3 is 0 Å². The fraction of sp³-hybridized carbons (Fsp3) is 0.389. The number of piperidine rings is 1. The standard InChI is InChI=1S/C18H22N4O2/c1-19-18(24)15-7-5-14(6-8-15)13-22-17(23)11-16(12-20-22)21-9-3-2-4-10-21/h5-8,11-12H,2-4,9-10,13H2,1H3,(H,19,24). The average molecular weight is 326 g/mol. The van der Waals surface area contributed by atoms with Crippen molar-refractivity contribution in [1.29, 1.82) is 0 Å². The Morgan fingerprint density at radius 2 is 1.88 bits per heavy atom. The fourth-order valence-electron chi connectivity index (χ4n) is 2.95. The summed E-state index contributed by atoms with van der Waals surface area (Å²) in [7, 11) is 1.60. The summed E-state index contributed by atoms with van der Waals surface area (Å²) in [5, 5.41) is 6.89. The lowest BCUT2D eigenvalue weighted by atomic mass is 10.1. The summed E-state index contributed by atoms with van der Waals surface area (Å²) in [6.07, 6.45) is 5.36. The van der Waals surface area contributed by atoms with Gasteiger partial charge in [-0.05, 0) is 37.0 Å². The molecule has 1 N–H and O–H groups in total. The fourth-order valence-corrected chi connectivity index (χ4v) is 2.95. The van der Waals surface area contributed by atoms with Crippen molar-refractivity contribution in [2.45, 2.75) is 25.8 Å². The first-order chi connectivity index (χ1) is 11.7. The van der Waals surface area contributed by atoms with E-state index < -0.39 is 0 Å². The Hall–Kier alpha value is -2.63. The lowest BCUT2D eigenvalue weighted by Crippen LogP contribution is -2.32. The molecule has 1 aromatic carbocycles. The summed E-state index contributed by atoms with van der Waals surface area (Å²) in [6.45, 7) is 2.38. The molecule has 1 aliphatic rings. The molecule has 1 aliphatic heterocycles. The van der Waals surface area contributed by atoms with E-state index in [1.165, 1.54) is 23.9 Å². The summed E-state index contributed by atoms with van der Waals surface area (Å²) in [5.74, 6) is -0.122. The molecule has 1 aromatic heterocycles. The number of anilines is 1. The molecule has 1 fully saturated rings. The Morgan fingerprint density at radius 3 is 2.50 bits per heavy atom. The molecule has 6 nitrogen and oxygen atoms in total. The number of aromatic nitrogens is 2. The van der Waals surface area contributed by atoms with Gasteiger partial charge < -0.3 is 10.2 Å². The van der Waals surface area contributed by atoms with Gasteiger partial charge in [0.05, 0.1) is 18.4 Å². The SMILES string of the molecule is CNC(=O)c1ccc(Cn2ncc(N3CCCCC3)cc2=O)cc1. The molecule has 0 saturated carbocycles. The largest absolute Gasteiger partial charge is 0.370 e. The molecule has 0 aliphatic carbocycles. The molecular formula is C18H22N4O2. The van der Waals surface area contributed by atoms with Crippen molar-refractivity contribution >= 4 is 11.6 Å². The summed E-state index contributed by atoms with van der Waals surface area (Å²) in [4.78, 5) is 26.1. The predicted octanol–water partition coefficient (Wildman–Crippen LogP) is 1.64. The minimum atomic E-state index is -0.122. The van der Waals surface area contributed by atoms with Crippen LogP contribution in [-0.4, -0.2) is 35.8 Å². The number of benzene rings is 1. The minimum Gasteiger partial charge on any atom is -0.370 e. The van der Waals surface area contributed by atoms with Gasteiger partial charge in [0, 0.05) is 31.8 Å². The van der Waals surface area contributed by atoms with E-state index in [9.17, 15) is 9.59 Å². The number of carbonyl (C=O) groups excluding carboxylic acids is 1. The molecular weight excluding hydrogens is 304 g/mol. The van der Waals surface area contributed by atoms with Gasteiger partial charge in [0.15, 0.2) is 0 Å². The first-order valence-corrected chi connectivity index (χ1v) is 8.30. The first kappa shape index (κ1) is 16.2. The quantitative estimate of drug-likeness (QED) is 0.927. The molecule has 0 bridgehead atoms. The molecule has 0 radical (unpaired) electrons. The molecule has 1 amide bonds. The van der Waals surface area contributed by atoms with Crippen LogP contribution in [0.25, 0.3) is 0 Å². The van der Waals surface area contributed by atoms with Gasteiger partial charge in [-0.25, -0.2) is 4.68 Å². The summed E-state index contributed by atoms with van der Waals surface area (Å²) in [6, 6.07) is 8.86. The number of rotatable bonds is 4. The van der Waals surface area contributed by atoms with E-state index >= 15 is 0 Å². The maximum Gasteiger partial charge on any atom is 0.269 e. The van der Waals surface area contributed by atoms with Crippen LogP contribution in [0.15, 0.2) is 41.3 Å². The van der Waals surface area contributed by atoms with Gasteiger partial charge in [0.2, 0.25) is 0 Å². The first-order valence-electron chi connectivity index (χ1n) is 8.30. The summed E-state index contributed by atoms with van der Waals surface area (Å²) < 4.78 is 1.45. The van der Waals surface area contributed by atoms with E-state index in [0.29, 0.717) is 12.1 Å². The van der Waals surface area contributed by atoms with E-state index in [-0.39, 0.29) is 11.5 Å². The van der Waals surface area contributed by atoms with Gasteiger partial charge in [-0.2, -0.15) is 5.10 Å². The highest BCUT2D eigenvalue weighted by atomic mass is 16.1. The average Bonchev–Trinajstić information content (AvgIpc) is 2.64. The second kappa shape index (κ2) is 7.29. The molecule has 0 spiro atoms. The second-order valence-electron chi connectivity index (χ2n) is 6.03. The van der Waals surface area contributed by atoms with E-state index in [1.807, 2.05) is 12.1 Å². The molecule has 126 valence electrons. The number of hydrogen-bond donors (Lipinski definition) is 1. The summed E-state index contributed by atoms with van der Waals surface area (Å²) in [5.41, 5.74) is 2.34. The number of hydrogen-bond acceptors (Lipinski definition) is 4. The third-order valence-corrected chi connectivity index (χ3v) is 4.35. The van der Waals surface area contributed by atoms with Gasteiger partial charge in [0.25, 0.3) is 11.5 Å². The third kappa shape index (κ3) is 3.64. The van der Waals surface area contributed by atoms with Crippen LogP contribution in [0.5, 0.6) is 0 Å². The van der Waals surface area contributed by atoms with Crippen molar-refractivity contribution in [3.63, 3.8) is 0 Å². The van der Waals surface area contributed by atoms with Crippen LogP contribution >= 0.6 is 0 Å². The van der Waals surface area contributed by atoms with Crippen LogP contribution < -0.4 is 15.8 Å². The van der Waals surface area contributed by atoms with Crippen LogP contribution in [0.4, 0.5) is 5.69 Å². The van der Waals surface area contributed by atoms with Crippen LogP contribution in [-0.2, 0) is 6.54 Å². The monoisotopic (exact) mass is 326 g/mol. The van der Waals surface area contributed by atoms with Crippen molar-refractivity contribution in [3.05, 3.63) is 58.0 Å². The second-order valence-corrected chi connectivity index (χ2v) is 6.03.